The van der Waals surface area contributed by atoms with Crippen LogP contribution in [0.1, 0.15) is 5.69 Å². The van der Waals surface area contributed by atoms with E-state index in [-0.39, 0.29) is 5.95 Å². The summed E-state index contributed by atoms with van der Waals surface area (Å²) in [6.07, 6.45) is 0. The van der Waals surface area contributed by atoms with Crippen molar-refractivity contribution in [3.8, 4) is 5.88 Å². The highest BCUT2D eigenvalue weighted by atomic mass is 32.2. The molecule has 8 nitrogen and oxygen atoms in total. The van der Waals surface area contributed by atoms with E-state index in [1.165, 1.54) is 23.8 Å². The molecule has 1 aromatic rings. The molecule has 0 bridgehead atoms. The number of anilines is 1. The molecule has 0 spiro atoms. The van der Waals surface area contributed by atoms with Gasteiger partial charge >= 0.3 is 12.0 Å². The van der Waals surface area contributed by atoms with Crippen molar-refractivity contribution >= 4 is 29.7 Å². The summed E-state index contributed by atoms with van der Waals surface area (Å²) in [4.78, 5) is 32.8. The maximum absolute atomic E-state index is 12.2. The van der Waals surface area contributed by atoms with Crippen molar-refractivity contribution in [3.63, 3.8) is 0 Å². The van der Waals surface area contributed by atoms with E-state index in [1.807, 2.05) is 0 Å². The zero-order chi connectivity index (χ0) is 15.4. The molecule has 0 aliphatic carbocycles. The van der Waals surface area contributed by atoms with Gasteiger partial charge in [0, 0.05) is 29.8 Å². The molecule has 0 aromatic carbocycles. The molecule has 1 unspecified atom stereocenters. The third-order valence-corrected chi connectivity index (χ3v) is 3.96. The summed E-state index contributed by atoms with van der Waals surface area (Å²) in [6.45, 7) is 2.12. The number of carbonyl (C=O) groups excluding carboxylic acids is 1. The van der Waals surface area contributed by atoms with Crippen LogP contribution in [0, 0.1) is 6.92 Å². The first-order chi connectivity index (χ1) is 10.0. The van der Waals surface area contributed by atoms with Crippen LogP contribution in [0.15, 0.2) is 6.07 Å². The molecule has 0 saturated carbocycles. The number of aliphatic carboxylic acids is 1. The smallest absolute Gasteiger partial charge is 0.327 e. The molecule has 2 rings (SSSR count). The normalized spacial score (nSPS) is 18.2. The molecular formula is C12H16N4O4S. The van der Waals surface area contributed by atoms with Crippen molar-refractivity contribution in [2.45, 2.75) is 13.0 Å². The largest absolute Gasteiger partial charge is 0.481 e. The third-order valence-electron chi connectivity index (χ3n) is 2.93. The molecule has 21 heavy (non-hydrogen) atoms. The fourth-order valence-corrected chi connectivity index (χ4v) is 2.96. The number of carboxylic acids is 1. The van der Waals surface area contributed by atoms with Crippen LogP contribution >= 0.6 is 11.8 Å². The number of aryl methyl sites for hydroxylation is 1. The molecule has 1 atom stereocenters. The van der Waals surface area contributed by atoms with Crippen LogP contribution in [0.3, 0.4) is 0 Å². The fraction of sp³-hybridized carbons (Fsp3) is 0.500. The SMILES string of the molecule is COc1cc(C)nc(NC(=O)N2CCSCC2C(=O)O)n1. The fourth-order valence-electron chi connectivity index (χ4n) is 1.92. The van der Waals surface area contributed by atoms with Crippen molar-refractivity contribution in [1.29, 1.82) is 0 Å². The van der Waals surface area contributed by atoms with Crippen molar-refractivity contribution in [3.05, 3.63) is 11.8 Å². The molecule has 1 aliphatic heterocycles. The maximum atomic E-state index is 12.2. The van der Waals surface area contributed by atoms with Crippen LogP contribution in [-0.4, -0.2) is 63.2 Å². The Balaban J connectivity index is 2.13. The van der Waals surface area contributed by atoms with Gasteiger partial charge < -0.3 is 14.7 Å². The second-order valence-corrected chi connectivity index (χ2v) is 5.58. The van der Waals surface area contributed by atoms with E-state index in [0.717, 1.165) is 0 Å². The highest BCUT2D eigenvalue weighted by Crippen LogP contribution is 2.18. The van der Waals surface area contributed by atoms with Crippen LogP contribution in [0.2, 0.25) is 0 Å². The number of amides is 2. The molecule has 2 amide bonds. The number of aromatic nitrogens is 2. The Morgan fingerprint density at radius 1 is 1.52 bits per heavy atom. The van der Waals surface area contributed by atoms with Gasteiger partial charge in [-0.05, 0) is 6.92 Å². The Hall–Kier alpha value is -2.03. The second kappa shape index (κ2) is 6.61. The van der Waals surface area contributed by atoms with E-state index in [2.05, 4.69) is 15.3 Å². The van der Waals surface area contributed by atoms with Crippen LogP contribution in [0.5, 0.6) is 5.88 Å². The maximum Gasteiger partial charge on any atom is 0.327 e. The van der Waals surface area contributed by atoms with Gasteiger partial charge in [-0.3, -0.25) is 5.32 Å². The van der Waals surface area contributed by atoms with Crippen molar-refractivity contribution < 1.29 is 19.4 Å². The zero-order valence-electron chi connectivity index (χ0n) is 11.7. The van der Waals surface area contributed by atoms with Gasteiger partial charge in [-0.1, -0.05) is 0 Å². The zero-order valence-corrected chi connectivity index (χ0v) is 12.5. The summed E-state index contributed by atoms with van der Waals surface area (Å²) in [5.74, 6) is 0.497. The number of urea groups is 1. The molecule has 2 N–H and O–H groups in total. The molecule has 1 saturated heterocycles. The predicted octanol–water partition coefficient (Wildman–Crippen LogP) is 0.828. The summed E-state index contributed by atoms with van der Waals surface area (Å²) in [6, 6.07) is 0.276. The Bertz CT molecular complexity index is 554. The Labute approximate surface area is 125 Å². The van der Waals surface area contributed by atoms with Crippen molar-refractivity contribution in [2.24, 2.45) is 0 Å². The number of nitrogens with zero attached hydrogens (tertiary/aromatic N) is 3. The summed E-state index contributed by atoms with van der Waals surface area (Å²) >= 11 is 1.51. The van der Waals surface area contributed by atoms with Gasteiger partial charge in [-0.15, -0.1) is 0 Å². The van der Waals surface area contributed by atoms with Gasteiger partial charge in [0.15, 0.2) is 0 Å². The van der Waals surface area contributed by atoms with Crippen molar-refractivity contribution in [1.82, 2.24) is 14.9 Å². The number of hydrogen-bond acceptors (Lipinski definition) is 6. The molecule has 1 aliphatic rings. The van der Waals surface area contributed by atoms with E-state index in [4.69, 9.17) is 9.84 Å². The summed E-state index contributed by atoms with van der Waals surface area (Å²) in [5, 5.41) is 11.7. The molecular weight excluding hydrogens is 296 g/mol. The van der Waals surface area contributed by atoms with Crippen LogP contribution in [0.4, 0.5) is 10.7 Å². The molecule has 0 radical (unpaired) electrons. The third kappa shape index (κ3) is 3.75. The molecule has 114 valence electrons. The Morgan fingerprint density at radius 3 is 2.95 bits per heavy atom. The van der Waals surface area contributed by atoms with E-state index in [1.54, 1.807) is 13.0 Å². The van der Waals surface area contributed by atoms with Gasteiger partial charge in [0.1, 0.15) is 6.04 Å². The minimum atomic E-state index is -1.01. The van der Waals surface area contributed by atoms with Gasteiger partial charge in [-0.25, -0.2) is 14.6 Å². The van der Waals surface area contributed by atoms with Crippen LogP contribution in [-0.2, 0) is 4.79 Å². The molecule has 2 heterocycles. The monoisotopic (exact) mass is 312 g/mol. The summed E-state index contributed by atoms with van der Waals surface area (Å²) in [7, 11) is 1.47. The predicted molar refractivity (Wildman–Crippen MR) is 77.8 cm³/mol. The van der Waals surface area contributed by atoms with E-state index >= 15 is 0 Å². The average Bonchev–Trinajstić information content (AvgIpc) is 2.46. The average molecular weight is 312 g/mol. The van der Waals surface area contributed by atoms with Crippen molar-refractivity contribution in [2.75, 3.05) is 30.5 Å². The molecule has 9 heteroatoms. The summed E-state index contributed by atoms with van der Waals surface area (Å²) in [5.41, 5.74) is 0.640. The summed E-state index contributed by atoms with van der Waals surface area (Å²) < 4.78 is 5.01. The second-order valence-electron chi connectivity index (χ2n) is 4.43. The molecule has 1 aromatic heterocycles. The van der Waals surface area contributed by atoms with Crippen LogP contribution in [0.25, 0.3) is 0 Å². The minimum Gasteiger partial charge on any atom is -0.481 e. The van der Waals surface area contributed by atoms with Crippen LogP contribution < -0.4 is 10.1 Å². The van der Waals surface area contributed by atoms with Gasteiger partial charge in [-0.2, -0.15) is 16.7 Å². The number of methoxy groups -OCH3 is 1. The Morgan fingerprint density at radius 2 is 2.29 bits per heavy atom. The quantitative estimate of drug-likeness (QED) is 0.851. The number of carbonyl (C=O) groups is 2. The Kier molecular flexibility index (Phi) is 4.84. The number of hydrogen-bond donors (Lipinski definition) is 2. The first-order valence-corrected chi connectivity index (χ1v) is 7.44. The van der Waals surface area contributed by atoms with E-state index in [9.17, 15) is 9.59 Å². The highest BCUT2D eigenvalue weighted by Gasteiger charge is 2.32. The van der Waals surface area contributed by atoms with E-state index in [0.29, 0.717) is 29.6 Å². The number of ether oxygens (including phenoxy) is 1. The van der Waals surface area contributed by atoms with Gasteiger partial charge in [0.05, 0.1) is 7.11 Å². The lowest BCUT2D eigenvalue weighted by Crippen LogP contribution is -2.52. The minimum absolute atomic E-state index is 0.0965. The molecule has 1 fully saturated rings. The van der Waals surface area contributed by atoms with Gasteiger partial charge in [0.2, 0.25) is 11.8 Å². The first-order valence-electron chi connectivity index (χ1n) is 6.29. The first kappa shape index (κ1) is 15.4. The number of nitrogens with one attached hydrogen (secondary N) is 1. The number of thioether (sulfide) groups is 1. The van der Waals surface area contributed by atoms with Gasteiger partial charge in [0.25, 0.3) is 0 Å². The number of rotatable bonds is 3. The standard InChI is InChI=1S/C12H16N4O4S/c1-7-5-9(20-2)14-11(13-7)15-12(19)16-3-4-21-6-8(16)10(17)18/h5,8H,3-4,6H2,1-2H3,(H,17,18)(H,13,14,15,19). The highest BCUT2D eigenvalue weighted by molar-refractivity contribution is 7.99. The van der Waals surface area contributed by atoms with E-state index < -0.39 is 18.0 Å². The lowest BCUT2D eigenvalue weighted by molar-refractivity contribution is -0.141. The lowest BCUT2D eigenvalue weighted by atomic mass is 10.3. The number of carboxylic acid groups (broad SMARTS) is 1. The lowest BCUT2D eigenvalue weighted by Gasteiger charge is -2.32. The topological polar surface area (TPSA) is 105 Å².